The van der Waals surface area contributed by atoms with E-state index in [2.05, 4.69) is 15.5 Å². The Morgan fingerprint density at radius 3 is 2.68 bits per heavy atom. The number of aromatic nitrogens is 2. The zero-order valence-corrected chi connectivity index (χ0v) is 9.40. The number of alkyl halides is 3. The van der Waals surface area contributed by atoms with Crippen LogP contribution in [0, 0.1) is 11.3 Å². The largest absolute Gasteiger partial charge is 0.433 e. The normalized spacial score (nSPS) is 11.1. The molecule has 19 heavy (non-hydrogen) atoms. The molecular weight excluding hydrogens is 261 g/mol. The molecule has 0 bridgehead atoms. The number of nitrogens with one attached hydrogen (secondary N) is 1. The first-order chi connectivity index (χ1) is 9.00. The second kappa shape index (κ2) is 4.97. The molecule has 0 spiro atoms. The van der Waals surface area contributed by atoms with Crippen molar-refractivity contribution in [1.29, 1.82) is 5.26 Å². The molecule has 0 atom stereocenters. The first-order valence-electron chi connectivity index (χ1n) is 5.12. The van der Waals surface area contributed by atoms with Gasteiger partial charge in [-0.1, -0.05) is 5.16 Å². The van der Waals surface area contributed by atoms with E-state index >= 15 is 0 Å². The first kappa shape index (κ1) is 12.9. The summed E-state index contributed by atoms with van der Waals surface area (Å²) in [5.41, 5.74) is -1.04. The van der Waals surface area contributed by atoms with Crippen LogP contribution in [0.15, 0.2) is 28.9 Å². The smallest absolute Gasteiger partial charge is 0.362 e. The molecule has 2 heterocycles. The fourth-order valence-corrected chi connectivity index (χ4v) is 1.35. The van der Waals surface area contributed by atoms with Crippen LogP contribution in [0.5, 0.6) is 0 Å². The molecule has 0 aliphatic heterocycles. The second-order valence-electron chi connectivity index (χ2n) is 3.53. The maximum atomic E-state index is 12.5. The Morgan fingerprint density at radius 1 is 1.32 bits per heavy atom. The summed E-state index contributed by atoms with van der Waals surface area (Å²) in [7, 11) is 0. The van der Waals surface area contributed by atoms with Gasteiger partial charge < -0.3 is 9.84 Å². The highest BCUT2D eigenvalue weighted by Gasteiger charge is 2.33. The van der Waals surface area contributed by atoms with Gasteiger partial charge in [-0.15, -0.1) is 0 Å². The average Bonchev–Trinajstić information content (AvgIpc) is 2.88. The summed E-state index contributed by atoms with van der Waals surface area (Å²) in [6.07, 6.45) is -3.15. The molecule has 0 saturated carbocycles. The van der Waals surface area contributed by atoms with E-state index < -0.39 is 11.9 Å². The summed E-state index contributed by atoms with van der Waals surface area (Å²) in [5.74, 6) is 0.275. The van der Waals surface area contributed by atoms with E-state index in [1.54, 1.807) is 12.1 Å². The molecule has 0 saturated heterocycles. The number of anilines is 1. The van der Waals surface area contributed by atoms with Crippen molar-refractivity contribution < 1.29 is 17.7 Å². The lowest BCUT2D eigenvalue weighted by atomic mass is 10.2. The summed E-state index contributed by atoms with van der Waals surface area (Å²) >= 11 is 0. The van der Waals surface area contributed by atoms with Crippen LogP contribution >= 0.6 is 0 Å². The third-order valence-electron chi connectivity index (χ3n) is 2.23. The van der Waals surface area contributed by atoms with E-state index in [9.17, 15) is 13.2 Å². The topological polar surface area (TPSA) is 74.7 Å². The van der Waals surface area contributed by atoms with Crippen LogP contribution in [0.25, 0.3) is 0 Å². The number of nitriles is 1. The predicted molar refractivity (Wildman–Crippen MR) is 57.8 cm³/mol. The Hall–Kier alpha value is -2.56. The van der Waals surface area contributed by atoms with E-state index in [4.69, 9.17) is 9.78 Å². The van der Waals surface area contributed by atoms with Gasteiger partial charge in [-0.3, -0.25) is 0 Å². The molecule has 2 aromatic rings. The highest BCUT2D eigenvalue weighted by molar-refractivity contribution is 5.52. The average molecular weight is 268 g/mol. The van der Waals surface area contributed by atoms with Crippen LogP contribution < -0.4 is 5.32 Å². The predicted octanol–water partition coefficient (Wildman–Crippen LogP) is 2.57. The van der Waals surface area contributed by atoms with Crippen LogP contribution in [0.3, 0.4) is 0 Å². The minimum Gasteiger partial charge on any atom is -0.362 e. The zero-order valence-electron chi connectivity index (χ0n) is 9.40. The zero-order chi connectivity index (χ0) is 13.9. The molecule has 0 aliphatic carbocycles. The van der Waals surface area contributed by atoms with Crippen molar-refractivity contribution in [2.45, 2.75) is 12.7 Å². The minimum absolute atomic E-state index is 0.0208. The third kappa shape index (κ3) is 3.01. The van der Waals surface area contributed by atoms with Crippen LogP contribution in [-0.4, -0.2) is 10.1 Å². The monoisotopic (exact) mass is 268 g/mol. The maximum absolute atomic E-state index is 12.5. The molecular formula is C11H7F3N4O. The van der Waals surface area contributed by atoms with Gasteiger partial charge >= 0.3 is 6.18 Å². The summed E-state index contributed by atoms with van der Waals surface area (Å²) in [6, 6.07) is 5.14. The van der Waals surface area contributed by atoms with E-state index in [-0.39, 0.29) is 17.9 Å². The van der Waals surface area contributed by atoms with Crippen molar-refractivity contribution in [1.82, 2.24) is 10.1 Å². The number of hydrogen-bond acceptors (Lipinski definition) is 5. The fraction of sp³-hybridized carbons (Fsp3) is 0.182. The number of pyridine rings is 1. The van der Waals surface area contributed by atoms with Gasteiger partial charge in [-0.2, -0.15) is 18.4 Å². The Morgan fingerprint density at radius 2 is 2.11 bits per heavy atom. The Kier molecular flexibility index (Phi) is 3.37. The molecule has 8 heteroatoms. The second-order valence-corrected chi connectivity index (χ2v) is 3.53. The molecule has 0 aliphatic rings. The van der Waals surface area contributed by atoms with Gasteiger partial charge in [0.15, 0.2) is 5.76 Å². The Labute approximate surface area is 105 Å². The van der Waals surface area contributed by atoms with Crippen molar-refractivity contribution in [2.75, 3.05) is 5.32 Å². The standard InChI is InChI=1S/C11H7F3N4O/c12-11(13,14)9-2-1-7(5-15)10(18-9)16-6-8-3-4-17-19-8/h1-4H,6H2,(H,16,18). The molecule has 0 unspecified atom stereocenters. The molecule has 98 valence electrons. The number of halogens is 3. The number of nitrogens with zero attached hydrogens (tertiary/aromatic N) is 3. The quantitative estimate of drug-likeness (QED) is 0.925. The first-order valence-corrected chi connectivity index (χ1v) is 5.12. The molecule has 1 N–H and O–H groups in total. The summed E-state index contributed by atoms with van der Waals surface area (Å²) < 4.78 is 42.3. The lowest BCUT2D eigenvalue weighted by Crippen LogP contribution is -2.11. The van der Waals surface area contributed by atoms with Crippen molar-refractivity contribution in [3.63, 3.8) is 0 Å². The molecule has 0 radical (unpaired) electrons. The number of hydrogen-bond donors (Lipinski definition) is 1. The van der Waals surface area contributed by atoms with Gasteiger partial charge in [0.05, 0.1) is 18.3 Å². The summed E-state index contributed by atoms with van der Waals surface area (Å²) in [6.45, 7) is 0.0863. The highest BCUT2D eigenvalue weighted by Crippen LogP contribution is 2.29. The van der Waals surface area contributed by atoms with Crippen LogP contribution in [0.1, 0.15) is 17.0 Å². The lowest BCUT2D eigenvalue weighted by Gasteiger charge is -2.10. The molecule has 2 aromatic heterocycles. The fourth-order valence-electron chi connectivity index (χ4n) is 1.35. The number of rotatable bonds is 3. The molecule has 5 nitrogen and oxygen atoms in total. The Balaban J connectivity index is 2.24. The van der Waals surface area contributed by atoms with Crippen LogP contribution in [0.2, 0.25) is 0 Å². The van der Waals surface area contributed by atoms with Crippen molar-refractivity contribution in [2.24, 2.45) is 0 Å². The van der Waals surface area contributed by atoms with Crippen molar-refractivity contribution in [3.8, 4) is 6.07 Å². The van der Waals surface area contributed by atoms with Gasteiger partial charge in [0.2, 0.25) is 0 Å². The van der Waals surface area contributed by atoms with E-state index in [1.807, 2.05) is 0 Å². The Bertz CT molecular complexity index is 601. The van der Waals surface area contributed by atoms with Gasteiger partial charge in [0.1, 0.15) is 17.6 Å². The summed E-state index contributed by atoms with van der Waals surface area (Å²) in [4.78, 5) is 3.39. The van der Waals surface area contributed by atoms with E-state index in [1.165, 1.54) is 6.20 Å². The molecule has 0 aromatic carbocycles. The lowest BCUT2D eigenvalue weighted by molar-refractivity contribution is -0.141. The van der Waals surface area contributed by atoms with Gasteiger partial charge in [-0.25, -0.2) is 4.98 Å². The SMILES string of the molecule is N#Cc1ccc(C(F)(F)F)nc1NCc1ccno1. The highest BCUT2D eigenvalue weighted by atomic mass is 19.4. The molecule has 2 rings (SSSR count). The molecule has 0 amide bonds. The van der Waals surface area contributed by atoms with E-state index in [0.29, 0.717) is 5.76 Å². The van der Waals surface area contributed by atoms with Gasteiger partial charge in [0.25, 0.3) is 0 Å². The third-order valence-corrected chi connectivity index (χ3v) is 2.23. The van der Waals surface area contributed by atoms with Gasteiger partial charge in [0, 0.05) is 6.07 Å². The molecule has 0 fully saturated rings. The van der Waals surface area contributed by atoms with E-state index in [0.717, 1.165) is 12.1 Å². The van der Waals surface area contributed by atoms with Crippen LogP contribution in [-0.2, 0) is 12.7 Å². The van der Waals surface area contributed by atoms with Gasteiger partial charge in [-0.05, 0) is 12.1 Å². The van der Waals surface area contributed by atoms with Crippen molar-refractivity contribution >= 4 is 5.82 Å². The van der Waals surface area contributed by atoms with Crippen molar-refractivity contribution in [3.05, 3.63) is 41.4 Å². The van der Waals surface area contributed by atoms with Crippen LogP contribution in [0.4, 0.5) is 19.0 Å². The maximum Gasteiger partial charge on any atom is 0.433 e. The minimum atomic E-state index is -4.56. The summed E-state index contributed by atoms with van der Waals surface area (Å²) in [5, 5.41) is 14.9.